The highest BCUT2D eigenvalue weighted by Gasteiger charge is 2.07. The fourth-order valence-corrected chi connectivity index (χ4v) is 2.65. The summed E-state index contributed by atoms with van der Waals surface area (Å²) in [5.41, 5.74) is 1.16. The van der Waals surface area contributed by atoms with Crippen LogP contribution in [0.25, 0.3) is 0 Å². The number of alkyl halides is 1. The third-order valence-electron chi connectivity index (χ3n) is 3.06. The van der Waals surface area contributed by atoms with E-state index < -0.39 is 0 Å². The van der Waals surface area contributed by atoms with E-state index in [1.54, 1.807) is 0 Å². The molecule has 0 aliphatic rings. The molecule has 0 saturated heterocycles. The lowest BCUT2D eigenvalue weighted by Crippen LogP contribution is -2.03. The van der Waals surface area contributed by atoms with Gasteiger partial charge in [0.15, 0.2) is 0 Å². The number of hydrogen-bond acceptors (Lipinski definition) is 0. The summed E-state index contributed by atoms with van der Waals surface area (Å²) in [5, 5.41) is 1.41. The largest absolute Gasteiger partial charge is 0.123 e. The van der Waals surface area contributed by atoms with Crippen LogP contribution in [0.3, 0.4) is 0 Å². The van der Waals surface area contributed by atoms with Crippen LogP contribution in [0.5, 0.6) is 0 Å². The van der Waals surface area contributed by atoms with Crippen molar-refractivity contribution >= 4 is 34.8 Å². The van der Waals surface area contributed by atoms with Gasteiger partial charge in [0, 0.05) is 5.38 Å². The van der Waals surface area contributed by atoms with E-state index in [0.717, 1.165) is 18.4 Å². The Morgan fingerprint density at radius 1 is 1.00 bits per heavy atom. The maximum absolute atomic E-state index is 6.34. The Morgan fingerprint density at radius 3 is 2.39 bits per heavy atom. The maximum atomic E-state index is 6.34. The first-order chi connectivity index (χ1) is 8.63. The van der Waals surface area contributed by atoms with Gasteiger partial charge in [-0.3, -0.25) is 0 Å². The zero-order valence-electron chi connectivity index (χ0n) is 10.9. The highest BCUT2D eigenvalue weighted by Crippen LogP contribution is 2.24. The van der Waals surface area contributed by atoms with E-state index in [2.05, 4.69) is 6.92 Å². The van der Waals surface area contributed by atoms with E-state index in [9.17, 15) is 0 Å². The quantitative estimate of drug-likeness (QED) is 0.379. The first-order valence-corrected chi connectivity index (χ1v) is 7.90. The molecule has 1 aromatic rings. The third kappa shape index (κ3) is 6.31. The second-order valence-electron chi connectivity index (χ2n) is 4.75. The molecule has 0 amide bonds. The molecule has 1 aromatic carbocycles. The van der Waals surface area contributed by atoms with Gasteiger partial charge in [-0.25, -0.2) is 0 Å². The number of benzene rings is 1. The van der Waals surface area contributed by atoms with E-state index >= 15 is 0 Å². The fraction of sp³-hybridized carbons (Fsp3) is 0.600. The molecule has 3 heteroatoms. The SMILES string of the molecule is CCCCCCCC(Cl)Cc1ccc(Cl)c(Cl)c1. The molecule has 0 heterocycles. The molecule has 0 radical (unpaired) electrons. The normalized spacial score (nSPS) is 12.7. The Kier molecular flexibility index (Phi) is 8.13. The highest BCUT2D eigenvalue weighted by atomic mass is 35.5. The number of halogens is 3. The number of hydrogen-bond donors (Lipinski definition) is 0. The Hall–Kier alpha value is 0.0900. The topological polar surface area (TPSA) is 0 Å². The lowest BCUT2D eigenvalue weighted by molar-refractivity contribution is 0.593. The molecule has 0 fully saturated rings. The summed E-state index contributed by atoms with van der Waals surface area (Å²) in [5.74, 6) is 0. The molecule has 0 aromatic heterocycles. The average molecular weight is 308 g/mol. The van der Waals surface area contributed by atoms with Crippen molar-refractivity contribution < 1.29 is 0 Å². The number of rotatable bonds is 8. The van der Waals surface area contributed by atoms with Gasteiger partial charge in [0.2, 0.25) is 0 Å². The molecule has 1 atom stereocenters. The molecule has 0 N–H and O–H groups in total. The second kappa shape index (κ2) is 9.07. The highest BCUT2D eigenvalue weighted by molar-refractivity contribution is 6.42. The minimum absolute atomic E-state index is 0.198. The van der Waals surface area contributed by atoms with Gasteiger partial charge >= 0.3 is 0 Å². The molecule has 102 valence electrons. The van der Waals surface area contributed by atoms with Crippen molar-refractivity contribution in [2.45, 2.75) is 57.2 Å². The van der Waals surface area contributed by atoms with E-state index in [0.29, 0.717) is 10.0 Å². The molecule has 1 unspecified atom stereocenters. The van der Waals surface area contributed by atoms with Crippen LogP contribution in [0.2, 0.25) is 10.0 Å². The van der Waals surface area contributed by atoms with E-state index in [1.165, 1.54) is 32.1 Å². The maximum Gasteiger partial charge on any atom is 0.0595 e. The smallest absolute Gasteiger partial charge is 0.0595 e. The molecular weight excluding hydrogens is 287 g/mol. The monoisotopic (exact) mass is 306 g/mol. The molecule has 0 aliphatic heterocycles. The Morgan fingerprint density at radius 2 is 1.72 bits per heavy atom. The second-order valence-corrected chi connectivity index (χ2v) is 6.18. The van der Waals surface area contributed by atoms with Crippen molar-refractivity contribution in [3.05, 3.63) is 33.8 Å². The molecule has 0 spiro atoms. The first-order valence-electron chi connectivity index (χ1n) is 6.71. The molecule has 0 nitrogen and oxygen atoms in total. The third-order valence-corrected chi connectivity index (χ3v) is 4.17. The summed E-state index contributed by atoms with van der Waals surface area (Å²) < 4.78 is 0. The van der Waals surface area contributed by atoms with Crippen LogP contribution >= 0.6 is 34.8 Å². The van der Waals surface area contributed by atoms with Crippen LogP contribution in [0, 0.1) is 0 Å². The summed E-state index contributed by atoms with van der Waals surface area (Å²) in [7, 11) is 0. The van der Waals surface area contributed by atoms with Gasteiger partial charge in [-0.15, -0.1) is 11.6 Å². The Labute approximate surface area is 126 Å². The summed E-state index contributed by atoms with van der Waals surface area (Å²) in [6, 6.07) is 5.75. The van der Waals surface area contributed by atoms with Crippen LogP contribution in [0.15, 0.2) is 18.2 Å². The first kappa shape index (κ1) is 16.1. The van der Waals surface area contributed by atoms with Gasteiger partial charge in [-0.1, -0.05) is 68.3 Å². The van der Waals surface area contributed by atoms with Crippen molar-refractivity contribution in [1.29, 1.82) is 0 Å². The molecule has 0 aliphatic carbocycles. The zero-order chi connectivity index (χ0) is 13.4. The van der Waals surface area contributed by atoms with Crippen LogP contribution in [0.4, 0.5) is 0 Å². The molecule has 0 saturated carbocycles. The van der Waals surface area contributed by atoms with Crippen LogP contribution < -0.4 is 0 Å². The summed E-state index contributed by atoms with van der Waals surface area (Å²) in [6.07, 6.45) is 8.39. The zero-order valence-corrected chi connectivity index (χ0v) is 13.2. The van der Waals surface area contributed by atoms with Crippen LogP contribution in [-0.4, -0.2) is 5.38 Å². The summed E-state index contributed by atoms with van der Waals surface area (Å²) in [4.78, 5) is 0. The van der Waals surface area contributed by atoms with Crippen molar-refractivity contribution in [3.63, 3.8) is 0 Å². The average Bonchev–Trinajstić information content (AvgIpc) is 2.34. The fourth-order valence-electron chi connectivity index (χ4n) is 1.99. The summed E-state index contributed by atoms with van der Waals surface area (Å²) in [6.45, 7) is 2.23. The Balaban J connectivity index is 2.26. The summed E-state index contributed by atoms with van der Waals surface area (Å²) >= 11 is 18.2. The van der Waals surface area contributed by atoms with Gasteiger partial charge in [0.05, 0.1) is 10.0 Å². The van der Waals surface area contributed by atoms with Crippen LogP contribution in [0.1, 0.15) is 51.0 Å². The van der Waals surface area contributed by atoms with Crippen molar-refractivity contribution in [2.75, 3.05) is 0 Å². The van der Waals surface area contributed by atoms with E-state index in [1.807, 2.05) is 18.2 Å². The van der Waals surface area contributed by atoms with Gasteiger partial charge in [0.25, 0.3) is 0 Å². The Bertz CT molecular complexity index is 350. The lowest BCUT2D eigenvalue weighted by atomic mass is 10.0. The predicted molar refractivity (Wildman–Crippen MR) is 83.2 cm³/mol. The van der Waals surface area contributed by atoms with Crippen molar-refractivity contribution in [3.8, 4) is 0 Å². The molecule has 0 bridgehead atoms. The lowest BCUT2D eigenvalue weighted by Gasteiger charge is -2.10. The minimum Gasteiger partial charge on any atom is -0.123 e. The van der Waals surface area contributed by atoms with Gasteiger partial charge in [-0.2, -0.15) is 0 Å². The van der Waals surface area contributed by atoms with Crippen molar-refractivity contribution in [1.82, 2.24) is 0 Å². The molecule has 18 heavy (non-hydrogen) atoms. The van der Waals surface area contributed by atoms with E-state index in [-0.39, 0.29) is 5.38 Å². The predicted octanol–water partition coefficient (Wildman–Crippen LogP) is 6.50. The van der Waals surface area contributed by atoms with Crippen LogP contribution in [-0.2, 0) is 6.42 Å². The molecular formula is C15H21Cl3. The number of unbranched alkanes of at least 4 members (excludes halogenated alkanes) is 4. The molecule has 1 rings (SSSR count). The standard InChI is InChI=1S/C15H21Cl3/c1-2-3-4-5-6-7-13(16)10-12-8-9-14(17)15(18)11-12/h8-9,11,13H,2-7,10H2,1H3. The van der Waals surface area contributed by atoms with Crippen molar-refractivity contribution in [2.24, 2.45) is 0 Å². The van der Waals surface area contributed by atoms with Gasteiger partial charge in [-0.05, 0) is 30.5 Å². The van der Waals surface area contributed by atoms with Gasteiger partial charge in [0.1, 0.15) is 0 Å². The minimum atomic E-state index is 0.198. The van der Waals surface area contributed by atoms with Gasteiger partial charge < -0.3 is 0 Å². The van der Waals surface area contributed by atoms with E-state index in [4.69, 9.17) is 34.8 Å².